The number of para-hydroxylation sites is 1. The molecule has 0 aliphatic rings. The maximum atomic E-state index is 12.5. The molecule has 1 aromatic heterocycles. The number of halogens is 1. The third kappa shape index (κ3) is 3.09. The van der Waals surface area contributed by atoms with Gasteiger partial charge in [0, 0.05) is 17.1 Å². The number of aromatic hydroxyl groups is 1. The highest BCUT2D eigenvalue weighted by molar-refractivity contribution is 6.30. The van der Waals surface area contributed by atoms with E-state index in [0.29, 0.717) is 34.0 Å². The van der Waals surface area contributed by atoms with Gasteiger partial charge in [-0.05, 0) is 37.3 Å². The summed E-state index contributed by atoms with van der Waals surface area (Å²) >= 11 is 5.90. The molecule has 0 aliphatic heterocycles. The molecule has 3 aromatic rings. The molecule has 0 fully saturated rings. The van der Waals surface area contributed by atoms with Crippen LogP contribution in [0.1, 0.15) is 12.5 Å². The molecule has 0 spiro atoms. The van der Waals surface area contributed by atoms with Gasteiger partial charge in [-0.25, -0.2) is 10.4 Å². The first kappa shape index (κ1) is 16.0. The normalized spacial score (nSPS) is 11.2. The maximum absolute atomic E-state index is 12.5. The zero-order valence-corrected chi connectivity index (χ0v) is 13.7. The number of rotatable bonds is 4. The second-order valence-corrected chi connectivity index (χ2v) is 5.51. The second-order valence-electron chi connectivity index (χ2n) is 5.08. The average molecular weight is 343 g/mol. The van der Waals surface area contributed by atoms with E-state index in [9.17, 15) is 9.90 Å². The van der Waals surface area contributed by atoms with E-state index in [2.05, 4.69) is 15.5 Å². The summed E-state index contributed by atoms with van der Waals surface area (Å²) in [5, 5.41) is 14.9. The Morgan fingerprint density at radius 1 is 1.33 bits per heavy atom. The van der Waals surface area contributed by atoms with Crippen LogP contribution in [0.15, 0.2) is 52.4 Å². The van der Waals surface area contributed by atoms with Crippen LogP contribution in [0.2, 0.25) is 5.02 Å². The summed E-state index contributed by atoms with van der Waals surface area (Å²) in [5.41, 5.74) is 3.68. The fourth-order valence-corrected chi connectivity index (χ4v) is 2.52. The van der Waals surface area contributed by atoms with Crippen molar-refractivity contribution in [2.24, 2.45) is 5.10 Å². The molecule has 2 N–H and O–H groups in total. The van der Waals surface area contributed by atoms with Gasteiger partial charge in [0.25, 0.3) is 5.56 Å². The van der Waals surface area contributed by atoms with E-state index in [1.807, 2.05) is 13.0 Å². The fraction of sp³-hybridized carbons (Fsp3) is 0.118. The molecule has 0 atom stereocenters. The van der Waals surface area contributed by atoms with Crippen LogP contribution in [0.4, 0.5) is 5.95 Å². The van der Waals surface area contributed by atoms with Crippen LogP contribution in [-0.2, 0) is 6.54 Å². The SMILES string of the molecule is CCn1c(N/N=C/c2cc(Cl)ccc2O)nc2ccccc2c1=O. The first-order valence-electron chi connectivity index (χ1n) is 7.37. The smallest absolute Gasteiger partial charge is 0.262 e. The number of nitrogens with zero attached hydrogens (tertiary/aromatic N) is 3. The van der Waals surface area contributed by atoms with E-state index in [0.717, 1.165) is 0 Å². The third-order valence-corrected chi connectivity index (χ3v) is 3.77. The van der Waals surface area contributed by atoms with Gasteiger partial charge < -0.3 is 5.11 Å². The maximum Gasteiger partial charge on any atom is 0.262 e. The van der Waals surface area contributed by atoms with Crippen LogP contribution in [0.25, 0.3) is 10.9 Å². The minimum absolute atomic E-state index is 0.0595. The largest absolute Gasteiger partial charge is 0.507 e. The van der Waals surface area contributed by atoms with Crippen LogP contribution in [0.5, 0.6) is 5.75 Å². The minimum Gasteiger partial charge on any atom is -0.507 e. The van der Waals surface area contributed by atoms with E-state index in [1.165, 1.54) is 16.8 Å². The van der Waals surface area contributed by atoms with Gasteiger partial charge in [0.2, 0.25) is 5.95 Å². The molecule has 1 heterocycles. The summed E-state index contributed by atoms with van der Waals surface area (Å²) in [6.07, 6.45) is 1.42. The number of benzene rings is 2. The van der Waals surface area contributed by atoms with Crippen molar-refractivity contribution < 1.29 is 5.11 Å². The van der Waals surface area contributed by atoms with Gasteiger partial charge in [0.15, 0.2) is 0 Å². The van der Waals surface area contributed by atoms with Gasteiger partial charge in [-0.3, -0.25) is 9.36 Å². The average Bonchev–Trinajstić information content (AvgIpc) is 2.58. The van der Waals surface area contributed by atoms with Crippen LogP contribution < -0.4 is 11.0 Å². The van der Waals surface area contributed by atoms with Gasteiger partial charge >= 0.3 is 0 Å². The van der Waals surface area contributed by atoms with Gasteiger partial charge in [-0.2, -0.15) is 5.10 Å². The molecule has 0 radical (unpaired) electrons. The van der Waals surface area contributed by atoms with Crippen LogP contribution in [0, 0.1) is 0 Å². The highest BCUT2D eigenvalue weighted by Crippen LogP contribution is 2.19. The number of phenols is 1. The first-order valence-corrected chi connectivity index (χ1v) is 7.75. The van der Waals surface area contributed by atoms with Crippen LogP contribution in [0.3, 0.4) is 0 Å². The molecule has 7 heteroatoms. The quantitative estimate of drug-likeness (QED) is 0.563. The molecule has 2 aromatic carbocycles. The summed E-state index contributed by atoms with van der Waals surface area (Å²) in [6, 6.07) is 11.8. The number of nitrogens with one attached hydrogen (secondary N) is 1. The number of anilines is 1. The molecular weight excluding hydrogens is 328 g/mol. The summed E-state index contributed by atoms with van der Waals surface area (Å²) in [6.45, 7) is 2.31. The molecule has 0 saturated heterocycles. The molecule has 0 saturated carbocycles. The fourth-order valence-electron chi connectivity index (χ4n) is 2.34. The summed E-state index contributed by atoms with van der Waals surface area (Å²) in [5.74, 6) is 0.392. The Morgan fingerprint density at radius 2 is 2.12 bits per heavy atom. The van der Waals surface area contributed by atoms with Crippen molar-refractivity contribution in [3.8, 4) is 5.75 Å². The molecule has 0 amide bonds. The molecule has 0 bridgehead atoms. The molecule has 6 nitrogen and oxygen atoms in total. The molecule has 0 unspecified atom stereocenters. The van der Waals surface area contributed by atoms with E-state index >= 15 is 0 Å². The first-order chi connectivity index (χ1) is 11.6. The highest BCUT2D eigenvalue weighted by Gasteiger charge is 2.08. The second kappa shape index (κ2) is 6.72. The van der Waals surface area contributed by atoms with E-state index in [4.69, 9.17) is 11.6 Å². The van der Waals surface area contributed by atoms with Crippen molar-refractivity contribution in [1.82, 2.24) is 9.55 Å². The Labute approximate surface area is 143 Å². The standard InChI is InChI=1S/C17H15ClN4O2/c1-2-22-16(24)13-5-3-4-6-14(13)20-17(22)21-19-10-11-9-12(18)7-8-15(11)23/h3-10,23H,2H2,1H3,(H,20,21)/b19-10+. The van der Waals surface area contributed by atoms with Crippen molar-refractivity contribution in [3.63, 3.8) is 0 Å². The molecular formula is C17H15ClN4O2. The van der Waals surface area contributed by atoms with E-state index in [1.54, 1.807) is 30.3 Å². The number of phenolic OH excluding ortho intramolecular Hbond substituents is 1. The van der Waals surface area contributed by atoms with Gasteiger partial charge in [-0.1, -0.05) is 23.7 Å². The monoisotopic (exact) mass is 342 g/mol. The zero-order chi connectivity index (χ0) is 17.1. The van der Waals surface area contributed by atoms with Crippen molar-refractivity contribution in [2.45, 2.75) is 13.5 Å². The number of hydrogen-bond acceptors (Lipinski definition) is 5. The minimum atomic E-state index is -0.133. The Hall–Kier alpha value is -2.86. The number of hydrogen-bond donors (Lipinski definition) is 2. The van der Waals surface area contributed by atoms with Crippen molar-refractivity contribution in [2.75, 3.05) is 5.43 Å². The molecule has 0 aliphatic carbocycles. The number of hydrazone groups is 1. The lowest BCUT2D eigenvalue weighted by Gasteiger charge is -2.10. The van der Waals surface area contributed by atoms with E-state index < -0.39 is 0 Å². The Bertz CT molecular complexity index is 982. The number of aromatic nitrogens is 2. The third-order valence-electron chi connectivity index (χ3n) is 3.54. The van der Waals surface area contributed by atoms with Gasteiger partial charge in [0.05, 0.1) is 17.1 Å². The molecule has 24 heavy (non-hydrogen) atoms. The number of fused-ring (bicyclic) bond motifs is 1. The Balaban J connectivity index is 1.96. The van der Waals surface area contributed by atoms with Crippen LogP contribution in [-0.4, -0.2) is 20.9 Å². The summed E-state index contributed by atoms with van der Waals surface area (Å²) in [4.78, 5) is 16.9. The van der Waals surface area contributed by atoms with Gasteiger partial charge in [0.1, 0.15) is 5.75 Å². The van der Waals surface area contributed by atoms with Crippen LogP contribution >= 0.6 is 11.6 Å². The highest BCUT2D eigenvalue weighted by atomic mass is 35.5. The summed E-state index contributed by atoms with van der Waals surface area (Å²) in [7, 11) is 0. The van der Waals surface area contributed by atoms with Crippen molar-refractivity contribution in [1.29, 1.82) is 0 Å². The molecule has 122 valence electrons. The Morgan fingerprint density at radius 3 is 2.92 bits per heavy atom. The lowest BCUT2D eigenvalue weighted by Crippen LogP contribution is -2.23. The zero-order valence-electron chi connectivity index (χ0n) is 12.9. The Kier molecular flexibility index (Phi) is 4.48. The predicted octanol–water partition coefficient (Wildman–Crippen LogP) is 3.22. The molecule has 3 rings (SSSR count). The van der Waals surface area contributed by atoms with Gasteiger partial charge in [-0.15, -0.1) is 0 Å². The predicted molar refractivity (Wildman–Crippen MR) is 96.0 cm³/mol. The topological polar surface area (TPSA) is 79.5 Å². The van der Waals surface area contributed by atoms with E-state index in [-0.39, 0.29) is 11.3 Å². The summed E-state index contributed by atoms with van der Waals surface area (Å²) < 4.78 is 1.50. The van der Waals surface area contributed by atoms with Crippen molar-refractivity contribution >= 4 is 34.7 Å². The lowest BCUT2D eigenvalue weighted by atomic mass is 10.2. The van der Waals surface area contributed by atoms with Crippen molar-refractivity contribution in [3.05, 3.63) is 63.4 Å². The lowest BCUT2D eigenvalue weighted by molar-refractivity contribution is 0.474.